The first-order chi connectivity index (χ1) is 6.44. The average Bonchev–Trinajstić information content (AvgIpc) is 2.47. The highest BCUT2D eigenvalue weighted by Crippen LogP contribution is 2.11. The number of nitrogens with one attached hydrogen (secondary N) is 1. The van der Waals surface area contributed by atoms with E-state index in [9.17, 15) is 4.79 Å². The van der Waals surface area contributed by atoms with Crippen molar-refractivity contribution >= 4 is 12.0 Å². The molecule has 0 radical (unpaired) electrons. The molecule has 0 aromatic carbocycles. The van der Waals surface area contributed by atoms with E-state index in [2.05, 4.69) is 10.3 Å². The van der Waals surface area contributed by atoms with Gasteiger partial charge in [0.25, 0.3) is 0 Å². The van der Waals surface area contributed by atoms with E-state index in [1.165, 1.54) is 10.8 Å². The van der Waals surface area contributed by atoms with Gasteiger partial charge in [0.15, 0.2) is 0 Å². The van der Waals surface area contributed by atoms with Gasteiger partial charge in [0.05, 0.1) is 0 Å². The highest BCUT2D eigenvalue weighted by molar-refractivity contribution is 5.74. The van der Waals surface area contributed by atoms with Crippen LogP contribution in [0.5, 0.6) is 0 Å². The summed E-state index contributed by atoms with van der Waals surface area (Å²) in [5.41, 5.74) is -0.494. The number of imidazole rings is 1. The second-order valence-corrected chi connectivity index (χ2v) is 3.85. The average molecular weight is 197 g/mol. The smallest absolute Gasteiger partial charge is 0.421 e. The summed E-state index contributed by atoms with van der Waals surface area (Å²) in [6, 6.07) is 0. The highest BCUT2D eigenvalue weighted by Gasteiger charge is 2.19. The number of carbonyl (C=O) groups excluding carboxylic acids is 1. The largest absolute Gasteiger partial charge is 0.443 e. The molecule has 0 saturated carbocycles. The van der Waals surface area contributed by atoms with Crippen molar-refractivity contribution in [3.63, 3.8) is 0 Å². The maximum absolute atomic E-state index is 11.6. The Morgan fingerprint density at radius 1 is 1.57 bits per heavy atom. The van der Waals surface area contributed by atoms with Gasteiger partial charge in [-0.2, -0.15) is 0 Å². The fraction of sp³-hybridized carbons (Fsp3) is 0.556. The van der Waals surface area contributed by atoms with Gasteiger partial charge in [-0.05, 0) is 20.8 Å². The molecule has 0 unspecified atom stereocenters. The van der Waals surface area contributed by atoms with E-state index in [1.807, 2.05) is 20.8 Å². The molecule has 0 aliphatic carbocycles. The van der Waals surface area contributed by atoms with E-state index in [-0.39, 0.29) is 0 Å². The van der Waals surface area contributed by atoms with E-state index >= 15 is 0 Å². The van der Waals surface area contributed by atoms with Gasteiger partial charge in [0.1, 0.15) is 5.60 Å². The lowest BCUT2D eigenvalue weighted by molar-refractivity contribution is 0.0540. The van der Waals surface area contributed by atoms with Crippen LogP contribution in [0.25, 0.3) is 0 Å². The molecule has 5 nitrogen and oxygen atoms in total. The minimum absolute atomic E-state index is 0.431. The van der Waals surface area contributed by atoms with Crippen molar-refractivity contribution in [1.82, 2.24) is 9.55 Å². The van der Waals surface area contributed by atoms with Crippen LogP contribution < -0.4 is 5.32 Å². The van der Waals surface area contributed by atoms with Gasteiger partial charge < -0.3 is 10.1 Å². The minimum Gasteiger partial charge on any atom is -0.443 e. The van der Waals surface area contributed by atoms with Crippen LogP contribution in [0.3, 0.4) is 0 Å². The van der Waals surface area contributed by atoms with Crippen LogP contribution in [0.15, 0.2) is 12.4 Å². The summed E-state index contributed by atoms with van der Waals surface area (Å²) in [4.78, 5) is 15.5. The third-order valence-corrected chi connectivity index (χ3v) is 1.45. The quantitative estimate of drug-likeness (QED) is 0.744. The Kier molecular flexibility index (Phi) is 2.78. The number of hydrogen-bond donors (Lipinski definition) is 1. The predicted molar refractivity (Wildman–Crippen MR) is 53.4 cm³/mol. The SMILES string of the molecule is CNc1nccn1C(=O)OC(C)(C)C. The van der Waals surface area contributed by atoms with Gasteiger partial charge >= 0.3 is 6.09 Å². The van der Waals surface area contributed by atoms with E-state index in [4.69, 9.17) is 4.74 Å². The maximum atomic E-state index is 11.6. The van der Waals surface area contributed by atoms with Crippen molar-refractivity contribution in [2.45, 2.75) is 26.4 Å². The molecule has 0 saturated heterocycles. The molecule has 1 aromatic rings. The predicted octanol–water partition coefficient (Wildman–Crippen LogP) is 1.71. The van der Waals surface area contributed by atoms with Gasteiger partial charge in [-0.1, -0.05) is 0 Å². The second-order valence-electron chi connectivity index (χ2n) is 3.85. The number of aromatic nitrogens is 2. The molecule has 14 heavy (non-hydrogen) atoms. The molecule has 0 amide bonds. The van der Waals surface area contributed by atoms with Crippen LogP contribution >= 0.6 is 0 Å². The molecule has 1 N–H and O–H groups in total. The molecule has 1 rings (SSSR count). The first-order valence-electron chi connectivity index (χ1n) is 4.38. The van der Waals surface area contributed by atoms with Gasteiger partial charge in [0, 0.05) is 19.4 Å². The Morgan fingerprint density at radius 3 is 2.71 bits per heavy atom. The fourth-order valence-corrected chi connectivity index (χ4v) is 0.947. The molecule has 0 bridgehead atoms. The Hall–Kier alpha value is -1.52. The van der Waals surface area contributed by atoms with Crippen LogP contribution in [0.4, 0.5) is 10.7 Å². The molecule has 1 aromatic heterocycles. The number of rotatable bonds is 1. The lowest BCUT2D eigenvalue weighted by Gasteiger charge is -2.19. The highest BCUT2D eigenvalue weighted by atomic mass is 16.6. The summed E-state index contributed by atoms with van der Waals surface area (Å²) in [7, 11) is 1.70. The normalized spacial score (nSPS) is 11.1. The first-order valence-corrected chi connectivity index (χ1v) is 4.38. The van der Waals surface area contributed by atoms with Crippen molar-refractivity contribution < 1.29 is 9.53 Å². The monoisotopic (exact) mass is 197 g/mol. The van der Waals surface area contributed by atoms with E-state index < -0.39 is 11.7 Å². The zero-order valence-corrected chi connectivity index (χ0v) is 8.87. The Bertz CT molecular complexity index is 325. The van der Waals surface area contributed by atoms with Crippen molar-refractivity contribution in [3.8, 4) is 0 Å². The Labute approximate surface area is 83.1 Å². The third-order valence-electron chi connectivity index (χ3n) is 1.45. The molecule has 0 spiro atoms. The third kappa shape index (κ3) is 2.48. The Balaban J connectivity index is 2.80. The van der Waals surface area contributed by atoms with E-state index in [1.54, 1.807) is 13.2 Å². The topological polar surface area (TPSA) is 56.2 Å². The molecule has 5 heteroatoms. The van der Waals surface area contributed by atoms with Crippen molar-refractivity contribution in [1.29, 1.82) is 0 Å². The van der Waals surface area contributed by atoms with Gasteiger partial charge in [0.2, 0.25) is 5.95 Å². The Morgan fingerprint density at radius 2 is 2.21 bits per heavy atom. The number of anilines is 1. The summed E-state index contributed by atoms with van der Waals surface area (Å²) in [6.45, 7) is 5.46. The van der Waals surface area contributed by atoms with Crippen molar-refractivity contribution in [3.05, 3.63) is 12.4 Å². The van der Waals surface area contributed by atoms with E-state index in [0.717, 1.165) is 0 Å². The van der Waals surface area contributed by atoms with Gasteiger partial charge in [-0.3, -0.25) is 0 Å². The molecule has 78 valence electrons. The molecular formula is C9H15N3O2. The minimum atomic E-state index is -0.494. The van der Waals surface area contributed by atoms with Crippen LogP contribution in [-0.2, 0) is 4.74 Å². The number of hydrogen-bond acceptors (Lipinski definition) is 4. The molecule has 0 aliphatic heterocycles. The second kappa shape index (κ2) is 3.69. The number of ether oxygens (including phenoxy) is 1. The number of carbonyl (C=O) groups is 1. The summed E-state index contributed by atoms with van der Waals surface area (Å²) >= 11 is 0. The fourth-order valence-electron chi connectivity index (χ4n) is 0.947. The van der Waals surface area contributed by atoms with Crippen LogP contribution in [0, 0.1) is 0 Å². The van der Waals surface area contributed by atoms with Crippen LogP contribution in [-0.4, -0.2) is 28.3 Å². The number of nitrogens with zero attached hydrogens (tertiary/aromatic N) is 2. The molecular weight excluding hydrogens is 182 g/mol. The summed E-state index contributed by atoms with van der Waals surface area (Å²) < 4.78 is 6.49. The zero-order valence-electron chi connectivity index (χ0n) is 8.87. The summed E-state index contributed by atoms with van der Waals surface area (Å²) in [5, 5.41) is 2.79. The summed E-state index contributed by atoms with van der Waals surface area (Å²) in [5.74, 6) is 0.472. The molecule has 1 heterocycles. The standard InChI is InChI=1S/C9H15N3O2/c1-9(2,3)14-8(13)12-6-5-11-7(12)10-4/h5-6H,1-4H3,(H,10,11). The van der Waals surface area contributed by atoms with Crippen molar-refractivity contribution in [2.24, 2.45) is 0 Å². The first kappa shape index (κ1) is 10.6. The van der Waals surface area contributed by atoms with Crippen LogP contribution in [0.2, 0.25) is 0 Å². The summed E-state index contributed by atoms with van der Waals surface area (Å²) in [6.07, 6.45) is 2.66. The van der Waals surface area contributed by atoms with Gasteiger partial charge in [-0.15, -0.1) is 0 Å². The molecule has 0 fully saturated rings. The zero-order chi connectivity index (χ0) is 10.8. The lowest BCUT2D eigenvalue weighted by atomic mass is 10.2. The molecule has 0 aliphatic rings. The molecule has 0 atom stereocenters. The van der Waals surface area contributed by atoms with Crippen LogP contribution in [0.1, 0.15) is 20.8 Å². The van der Waals surface area contributed by atoms with E-state index in [0.29, 0.717) is 5.95 Å². The van der Waals surface area contributed by atoms with Gasteiger partial charge in [-0.25, -0.2) is 14.3 Å². The van der Waals surface area contributed by atoms with Crippen molar-refractivity contribution in [2.75, 3.05) is 12.4 Å². The maximum Gasteiger partial charge on any atom is 0.421 e. The lowest BCUT2D eigenvalue weighted by Crippen LogP contribution is -2.27.